The maximum atomic E-state index is 9.00. The number of benzene rings is 1. The fourth-order valence-corrected chi connectivity index (χ4v) is 2.07. The van der Waals surface area contributed by atoms with Crippen LogP contribution < -0.4 is 15.2 Å². The summed E-state index contributed by atoms with van der Waals surface area (Å²) in [5.41, 5.74) is 6.75. The van der Waals surface area contributed by atoms with Crippen molar-refractivity contribution in [1.29, 1.82) is 0 Å². The predicted octanol–water partition coefficient (Wildman–Crippen LogP) is 1.49. The molecule has 0 bridgehead atoms. The van der Waals surface area contributed by atoms with Crippen LogP contribution in [0.5, 0.6) is 11.5 Å². The zero-order valence-electron chi connectivity index (χ0n) is 17.9. The average molecular weight is 400 g/mol. The van der Waals surface area contributed by atoms with E-state index in [-0.39, 0.29) is 0 Å². The molecule has 5 N–H and O–H groups in total. The number of rotatable bonds is 10. The molecule has 9 heteroatoms. The summed E-state index contributed by atoms with van der Waals surface area (Å²) in [5.74, 6) is 0.720. The number of hydrogen-bond acceptors (Lipinski definition) is 7. The van der Waals surface area contributed by atoms with Gasteiger partial charge in [0.1, 0.15) is 0 Å². The minimum atomic E-state index is -1.10. The molecule has 0 atom stereocenters. The van der Waals surface area contributed by atoms with E-state index in [4.69, 9.17) is 35.2 Å². The molecule has 28 heavy (non-hydrogen) atoms. The van der Waals surface area contributed by atoms with Crippen LogP contribution in [-0.4, -0.2) is 74.0 Å². The third-order valence-electron chi connectivity index (χ3n) is 3.56. The van der Waals surface area contributed by atoms with Crippen LogP contribution >= 0.6 is 0 Å². The lowest BCUT2D eigenvalue weighted by Crippen LogP contribution is -2.27. The first-order valence-corrected chi connectivity index (χ1v) is 9.36. The molecule has 0 aliphatic carbocycles. The summed E-state index contributed by atoms with van der Waals surface area (Å²) in [7, 11) is 4.28. The highest BCUT2D eigenvalue weighted by atomic mass is 16.5. The molecule has 0 aromatic heterocycles. The van der Waals surface area contributed by atoms with Crippen molar-refractivity contribution < 1.29 is 29.4 Å². The Labute approximate surface area is 169 Å². The highest BCUT2D eigenvalue weighted by Gasteiger charge is 2.05. The van der Waals surface area contributed by atoms with E-state index >= 15 is 0 Å². The number of hydrogen-bond donors (Lipinski definition) is 4. The largest absolute Gasteiger partial charge is 0.493 e. The zero-order chi connectivity index (χ0) is 21.9. The molecule has 0 fully saturated rings. The van der Waals surface area contributed by atoms with Gasteiger partial charge in [-0.2, -0.15) is 0 Å². The Kier molecular flexibility index (Phi) is 18.8. The van der Waals surface area contributed by atoms with E-state index in [1.54, 1.807) is 14.2 Å². The topological polar surface area (TPSA) is 125 Å². The third-order valence-corrected chi connectivity index (χ3v) is 3.56. The van der Waals surface area contributed by atoms with Gasteiger partial charge in [0.25, 0.3) is 5.97 Å². The second-order valence-electron chi connectivity index (χ2n) is 6.17. The van der Waals surface area contributed by atoms with Gasteiger partial charge in [-0.3, -0.25) is 4.79 Å². The van der Waals surface area contributed by atoms with Crippen molar-refractivity contribution in [3.8, 4) is 11.5 Å². The monoisotopic (exact) mass is 400 g/mol. The normalized spacial score (nSPS) is 9.61. The second-order valence-corrected chi connectivity index (χ2v) is 6.17. The standard InChI is InChI=1S/C13H22N2O2.C4H11BO2.C2H4O2/c1-15(9-7-14)8-6-11-4-5-12(16-2)13(10-11)17-3;1-2-3-4-5(6)7;1-2(3)4/h4-5,10H,6-9,14H2,1-3H3;6-7H,2-4H2,1H3;1H3,(H,3,4). The number of carboxylic acid groups (broad SMARTS) is 1. The number of ether oxygens (including phenoxy) is 2. The molecule has 0 heterocycles. The van der Waals surface area contributed by atoms with Crippen molar-refractivity contribution in [2.45, 2.75) is 39.4 Å². The van der Waals surface area contributed by atoms with Crippen LogP contribution in [-0.2, 0) is 11.2 Å². The van der Waals surface area contributed by atoms with Gasteiger partial charge in [-0.15, -0.1) is 0 Å². The lowest BCUT2D eigenvalue weighted by molar-refractivity contribution is -0.134. The van der Waals surface area contributed by atoms with Gasteiger partial charge in [0.05, 0.1) is 14.2 Å². The van der Waals surface area contributed by atoms with E-state index in [9.17, 15) is 0 Å². The van der Waals surface area contributed by atoms with E-state index in [1.807, 2.05) is 19.1 Å². The van der Waals surface area contributed by atoms with Gasteiger partial charge < -0.3 is 35.3 Å². The van der Waals surface area contributed by atoms with Gasteiger partial charge in [0, 0.05) is 26.6 Å². The van der Waals surface area contributed by atoms with Gasteiger partial charge in [-0.05, 0) is 37.5 Å². The van der Waals surface area contributed by atoms with Crippen LogP contribution in [0.2, 0.25) is 6.32 Å². The van der Waals surface area contributed by atoms with Crippen molar-refractivity contribution >= 4 is 13.1 Å². The predicted molar refractivity (Wildman–Crippen MR) is 113 cm³/mol. The minimum Gasteiger partial charge on any atom is -0.493 e. The zero-order valence-corrected chi connectivity index (χ0v) is 17.9. The molecule has 0 saturated carbocycles. The van der Waals surface area contributed by atoms with Gasteiger partial charge in [0.2, 0.25) is 0 Å². The van der Waals surface area contributed by atoms with Crippen LogP contribution in [0.4, 0.5) is 0 Å². The summed E-state index contributed by atoms with van der Waals surface area (Å²) in [5, 5.41) is 23.9. The maximum Gasteiger partial charge on any atom is 0.451 e. The molecular formula is C19H37BN2O6. The summed E-state index contributed by atoms with van der Waals surface area (Å²) in [6.45, 7) is 5.71. The summed E-state index contributed by atoms with van der Waals surface area (Å²) < 4.78 is 10.5. The molecule has 0 radical (unpaired) electrons. The molecule has 162 valence electrons. The highest BCUT2D eigenvalue weighted by molar-refractivity contribution is 6.40. The molecule has 1 aromatic carbocycles. The van der Waals surface area contributed by atoms with Gasteiger partial charge in [-0.1, -0.05) is 25.8 Å². The maximum absolute atomic E-state index is 9.00. The van der Waals surface area contributed by atoms with Crippen molar-refractivity contribution in [1.82, 2.24) is 4.90 Å². The number of carbonyl (C=O) groups is 1. The average Bonchev–Trinajstić information content (AvgIpc) is 2.64. The van der Waals surface area contributed by atoms with Crippen molar-refractivity contribution in [2.24, 2.45) is 5.73 Å². The van der Waals surface area contributed by atoms with E-state index in [0.29, 0.717) is 12.9 Å². The number of unbranched alkanes of at least 4 members (excludes halogenated alkanes) is 1. The van der Waals surface area contributed by atoms with Crippen LogP contribution in [0.1, 0.15) is 32.3 Å². The number of likely N-dealkylation sites (N-methyl/N-ethyl adjacent to an activating group) is 1. The Bertz CT molecular complexity index is 513. The van der Waals surface area contributed by atoms with Crippen LogP contribution in [0.15, 0.2) is 18.2 Å². The number of nitrogens with two attached hydrogens (primary N) is 1. The van der Waals surface area contributed by atoms with Crippen LogP contribution in [0.25, 0.3) is 0 Å². The van der Waals surface area contributed by atoms with Crippen LogP contribution in [0.3, 0.4) is 0 Å². The first-order chi connectivity index (χ1) is 13.2. The van der Waals surface area contributed by atoms with Crippen molar-refractivity contribution in [2.75, 3.05) is 40.9 Å². The smallest absolute Gasteiger partial charge is 0.451 e. The third kappa shape index (κ3) is 17.6. The van der Waals surface area contributed by atoms with Gasteiger partial charge in [-0.25, -0.2) is 0 Å². The van der Waals surface area contributed by atoms with E-state index in [1.165, 1.54) is 5.56 Å². The Balaban J connectivity index is 0. The Morgan fingerprint density at radius 2 is 1.75 bits per heavy atom. The molecule has 0 saturated heterocycles. The first-order valence-electron chi connectivity index (χ1n) is 9.36. The molecule has 0 amide bonds. The molecule has 0 aliphatic rings. The lowest BCUT2D eigenvalue weighted by Gasteiger charge is -2.15. The minimum absolute atomic E-state index is 0.510. The lowest BCUT2D eigenvalue weighted by atomic mass is 9.84. The molecule has 8 nitrogen and oxygen atoms in total. The Morgan fingerprint density at radius 1 is 1.18 bits per heavy atom. The Morgan fingerprint density at radius 3 is 2.14 bits per heavy atom. The van der Waals surface area contributed by atoms with Crippen molar-refractivity contribution in [3.63, 3.8) is 0 Å². The summed E-state index contributed by atoms with van der Waals surface area (Å²) >= 11 is 0. The first kappa shape index (κ1) is 28.4. The highest BCUT2D eigenvalue weighted by Crippen LogP contribution is 2.27. The van der Waals surface area contributed by atoms with E-state index in [2.05, 4.69) is 18.0 Å². The van der Waals surface area contributed by atoms with Gasteiger partial charge in [0.15, 0.2) is 11.5 Å². The molecule has 0 spiro atoms. The van der Waals surface area contributed by atoms with E-state index < -0.39 is 13.1 Å². The number of nitrogens with zero attached hydrogens (tertiary/aromatic N) is 1. The Hall–Kier alpha value is -1.81. The fraction of sp³-hybridized carbons (Fsp3) is 0.632. The molecule has 0 aliphatic heterocycles. The van der Waals surface area contributed by atoms with E-state index in [0.717, 1.165) is 50.8 Å². The summed E-state index contributed by atoms with van der Waals surface area (Å²) in [6.07, 6.45) is 3.42. The molecule has 1 rings (SSSR count). The number of carboxylic acids is 1. The fourth-order valence-electron chi connectivity index (χ4n) is 2.07. The molecule has 1 aromatic rings. The quantitative estimate of drug-likeness (QED) is 0.436. The summed E-state index contributed by atoms with van der Waals surface area (Å²) in [4.78, 5) is 11.2. The second kappa shape index (κ2) is 18.6. The number of methoxy groups -OCH3 is 2. The van der Waals surface area contributed by atoms with Gasteiger partial charge >= 0.3 is 7.12 Å². The number of aliphatic carboxylic acids is 1. The SMILES string of the molecule is CC(=O)O.CCCCB(O)O.COc1ccc(CCN(C)CCN)cc1OC. The molecular weight excluding hydrogens is 363 g/mol. The summed E-state index contributed by atoms with van der Waals surface area (Å²) in [6, 6.07) is 6.03. The van der Waals surface area contributed by atoms with Crippen molar-refractivity contribution in [3.05, 3.63) is 23.8 Å². The van der Waals surface area contributed by atoms with Crippen LogP contribution in [0, 0.1) is 0 Å². The molecule has 0 unspecified atom stereocenters.